The molecule has 1 unspecified atom stereocenters. The lowest BCUT2D eigenvalue weighted by Gasteiger charge is -2.28. The van der Waals surface area contributed by atoms with Crippen molar-refractivity contribution >= 4 is 6.08 Å². The van der Waals surface area contributed by atoms with E-state index in [0.29, 0.717) is 13.2 Å². The zero-order valence-corrected chi connectivity index (χ0v) is 18.6. The van der Waals surface area contributed by atoms with Crippen molar-refractivity contribution in [3.63, 3.8) is 0 Å². The molecule has 0 radical (unpaired) electrons. The highest BCUT2D eigenvalue weighted by Gasteiger charge is 2.26. The molecular weight excluding hydrogens is 408 g/mol. The molecule has 0 amide bonds. The molecule has 1 aliphatic heterocycles. The summed E-state index contributed by atoms with van der Waals surface area (Å²) < 4.78 is 18.7. The molecule has 3 heteroatoms. The molecular formula is C30H26O3. The van der Waals surface area contributed by atoms with Gasteiger partial charge in [-0.15, -0.1) is 0 Å². The Labute approximate surface area is 194 Å². The maximum Gasteiger partial charge on any atom is 0.180 e. The molecule has 4 aromatic rings. The van der Waals surface area contributed by atoms with Gasteiger partial charge in [-0.3, -0.25) is 0 Å². The van der Waals surface area contributed by atoms with Crippen LogP contribution in [-0.4, -0.2) is 0 Å². The number of benzene rings is 4. The lowest BCUT2D eigenvalue weighted by molar-refractivity contribution is 0.107. The van der Waals surface area contributed by atoms with E-state index >= 15 is 0 Å². The van der Waals surface area contributed by atoms with Gasteiger partial charge in [0.05, 0.1) is 0 Å². The van der Waals surface area contributed by atoms with Crippen LogP contribution in [0.5, 0.6) is 11.5 Å². The molecule has 1 aliphatic rings. The predicted octanol–water partition coefficient (Wildman–Crippen LogP) is 7.27. The Morgan fingerprint density at radius 3 is 2.00 bits per heavy atom. The summed E-state index contributed by atoms with van der Waals surface area (Å²) in [6.45, 7) is 3.10. The topological polar surface area (TPSA) is 27.7 Å². The Hall–Kier alpha value is -3.98. The Bertz CT molecular complexity index is 1230. The molecule has 0 saturated carbocycles. The van der Waals surface area contributed by atoms with Crippen LogP contribution in [0.15, 0.2) is 109 Å². The van der Waals surface area contributed by atoms with E-state index in [0.717, 1.165) is 39.5 Å². The molecule has 33 heavy (non-hydrogen) atoms. The van der Waals surface area contributed by atoms with E-state index in [1.54, 1.807) is 0 Å². The van der Waals surface area contributed by atoms with Crippen molar-refractivity contribution in [1.29, 1.82) is 0 Å². The normalized spacial score (nSPS) is 14.6. The first kappa shape index (κ1) is 20.9. The minimum atomic E-state index is -0.314. The Morgan fingerprint density at radius 1 is 0.697 bits per heavy atom. The van der Waals surface area contributed by atoms with Crippen molar-refractivity contribution < 1.29 is 14.2 Å². The zero-order chi connectivity index (χ0) is 22.5. The molecule has 1 heterocycles. The number of rotatable bonds is 7. The smallest absolute Gasteiger partial charge is 0.180 e. The third-order valence-electron chi connectivity index (χ3n) is 5.65. The van der Waals surface area contributed by atoms with E-state index < -0.39 is 0 Å². The van der Waals surface area contributed by atoms with Crippen molar-refractivity contribution in [2.24, 2.45) is 0 Å². The van der Waals surface area contributed by atoms with E-state index in [9.17, 15) is 0 Å². The van der Waals surface area contributed by atoms with Crippen LogP contribution in [0.1, 0.15) is 33.9 Å². The minimum absolute atomic E-state index is 0.314. The van der Waals surface area contributed by atoms with E-state index in [4.69, 9.17) is 14.2 Å². The lowest BCUT2D eigenvalue weighted by Crippen LogP contribution is -2.17. The maximum atomic E-state index is 6.43. The van der Waals surface area contributed by atoms with E-state index in [1.165, 1.54) is 5.56 Å². The van der Waals surface area contributed by atoms with Gasteiger partial charge in [-0.1, -0.05) is 84.9 Å². The van der Waals surface area contributed by atoms with Gasteiger partial charge in [-0.25, -0.2) is 0 Å². The molecule has 4 aromatic carbocycles. The lowest BCUT2D eigenvalue weighted by atomic mass is 10.0. The third kappa shape index (κ3) is 5.09. The molecule has 1 atom stereocenters. The molecule has 5 rings (SSSR count). The van der Waals surface area contributed by atoms with Gasteiger partial charge in [0, 0.05) is 11.1 Å². The van der Waals surface area contributed by atoms with Gasteiger partial charge >= 0.3 is 0 Å². The minimum Gasteiger partial charge on any atom is -0.489 e. The van der Waals surface area contributed by atoms with E-state index in [2.05, 4.69) is 55.5 Å². The quantitative estimate of drug-likeness (QED) is 0.306. The summed E-state index contributed by atoms with van der Waals surface area (Å²) in [5.41, 5.74) is 5.48. The fourth-order valence-corrected chi connectivity index (χ4v) is 3.85. The zero-order valence-electron chi connectivity index (χ0n) is 18.6. The van der Waals surface area contributed by atoms with Crippen LogP contribution in [0.4, 0.5) is 0 Å². The van der Waals surface area contributed by atoms with Gasteiger partial charge in [0.2, 0.25) is 0 Å². The van der Waals surface area contributed by atoms with Crippen LogP contribution >= 0.6 is 0 Å². The number of aryl methyl sites for hydroxylation is 1. The highest BCUT2D eigenvalue weighted by Crippen LogP contribution is 2.39. The summed E-state index contributed by atoms with van der Waals surface area (Å²) in [7, 11) is 0. The molecule has 0 N–H and O–H groups in total. The maximum absolute atomic E-state index is 6.43. The van der Waals surface area contributed by atoms with Gasteiger partial charge in [0.25, 0.3) is 0 Å². The molecule has 3 nitrogen and oxygen atoms in total. The van der Waals surface area contributed by atoms with Crippen molar-refractivity contribution in [2.75, 3.05) is 0 Å². The molecule has 0 bridgehead atoms. The first-order valence-electron chi connectivity index (χ1n) is 11.2. The van der Waals surface area contributed by atoms with E-state index in [1.807, 2.05) is 60.7 Å². The second-order valence-electron chi connectivity index (χ2n) is 8.20. The van der Waals surface area contributed by atoms with Crippen LogP contribution in [-0.2, 0) is 18.0 Å². The summed E-state index contributed by atoms with van der Waals surface area (Å²) in [6, 6.07) is 34.7. The highest BCUT2D eigenvalue weighted by atomic mass is 16.5. The average Bonchev–Trinajstić information content (AvgIpc) is 2.87. The van der Waals surface area contributed by atoms with Crippen LogP contribution in [0.3, 0.4) is 0 Å². The predicted molar refractivity (Wildman–Crippen MR) is 131 cm³/mol. The molecule has 0 saturated heterocycles. The third-order valence-corrected chi connectivity index (χ3v) is 5.65. The van der Waals surface area contributed by atoms with Crippen molar-refractivity contribution in [2.45, 2.75) is 26.2 Å². The largest absolute Gasteiger partial charge is 0.489 e. The fraction of sp³-hybridized carbons (Fsp3) is 0.133. The number of hydrogen-bond donors (Lipinski definition) is 0. The number of fused-ring (bicyclic) bond motifs is 1. The SMILES string of the molecule is Cc1ccc2c(c1)OC(c1ccc(OCc3ccccc3)cc1)C(OCc1ccccc1)=C2. The van der Waals surface area contributed by atoms with Crippen molar-refractivity contribution in [1.82, 2.24) is 0 Å². The molecule has 0 fully saturated rings. The fourth-order valence-electron chi connectivity index (χ4n) is 3.85. The molecule has 0 aromatic heterocycles. The van der Waals surface area contributed by atoms with Crippen LogP contribution in [0.25, 0.3) is 6.08 Å². The first-order valence-corrected chi connectivity index (χ1v) is 11.2. The summed E-state index contributed by atoms with van der Waals surface area (Å²) >= 11 is 0. The number of ether oxygens (including phenoxy) is 3. The first-order chi connectivity index (χ1) is 16.2. The van der Waals surface area contributed by atoms with Crippen molar-refractivity contribution in [3.8, 4) is 11.5 Å². The molecule has 164 valence electrons. The number of hydrogen-bond acceptors (Lipinski definition) is 3. The van der Waals surface area contributed by atoms with E-state index in [-0.39, 0.29) is 6.10 Å². The van der Waals surface area contributed by atoms with Gasteiger partial charge in [-0.05, 0) is 47.9 Å². The second-order valence-corrected chi connectivity index (χ2v) is 8.20. The monoisotopic (exact) mass is 434 g/mol. The van der Waals surface area contributed by atoms with Gasteiger partial charge in [-0.2, -0.15) is 0 Å². The second kappa shape index (κ2) is 9.66. The van der Waals surface area contributed by atoms with Gasteiger partial charge in [0.15, 0.2) is 6.10 Å². The van der Waals surface area contributed by atoms with Gasteiger partial charge < -0.3 is 14.2 Å². The molecule has 0 aliphatic carbocycles. The summed E-state index contributed by atoms with van der Waals surface area (Å²) in [5, 5.41) is 0. The van der Waals surface area contributed by atoms with Crippen LogP contribution in [0.2, 0.25) is 0 Å². The average molecular weight is 435 g/mol. The van der Waals surface area contributed by atoms with Gasteiger partial charge in [0.1, 0.15) is 30.5 Å². The Morgan fingerprint density at radius 2 is 1.33 bits per heavy atom. The summed E-state index contributed by atoms with van der Waals surface area (Å²) in [6.07, 6.45) is 1.78. The van der Waals surface area contributed by atoms with Crippen molar-refractivity contribution in [3.05, 3.63) is 137 Å². The van der Waals surface area contributed by atoms with Crippen LogP contribution in [0, 0.1) is 6.92 Å². The summed E-state index contributed by atoms with van der Waals surface area (Å²) in [4.78, 5) is 0. The van der Waals surface area contributed by atoms with Crippen LogP contribution < -0.4 is 9.47 Å². The standard InChI is InChI=1S/C30H26O3/c1-22-12-13-26-19-29(32-21-24-10-6-3-7-11-24)30(33-28(26)18-22)25-14-16-27(17-15-25)31-20-23-8-4-2-5-9-23/h2-19,30H,20-21H2,1H3. The Balaban J connectivity index is 1.36. The summed E-state index contributed by atoms with van der Waals surface area (Å²) in [5.74, 6) is 2.50. The Kier molecular flexibility index (Phi) is 6.12. The molecule has 0 spiro atoms. The highest BCUT2D eigenvalue weighted by molar-refractivity contribution is 5.63.